The van der Waals surface area contributed by atoms with Crippen LogP contribution in [0, 0.1) is 5.82 Å². The number of fused-ring (bicyclic) bond motifs is 2. The smallest absolute Gasteiger partial charge is 0.136 e. The minimum Gasteiger partial charge on any atom is -0.457 e. The fraction of sp³-hybridized carbons (Fsp3) is 0.125. The zero-order valence-electron chi connectivity index (χ0n) is 15.2. The van der Waals surface area contributed by atoms with Crippen LogP contribution in [0.2, 0.25) is 0 Å². The largest absolute Gasteiger partial charge is 0.457 e. The summed E-state index contributed by atoms with van der Waals surface area (Å²) in [7, 11) is 0. The summed E-state index contributed by atoms with van der Waals surface area (Å²) in [5.74, 6) is 1.87. The lowest BCUT2D eigenvalue weighted by Gasteiger charge is -2.16. The van der Waals surface area contributed by atoms with Crippen LogP contribution in [0.15, 0.2) is 78.9 Å². The van der Waals surface area contributed by atoms with Crippen LogP contribution in [0.5, 0.6) is 11.5 Å². The van der Waals surface area contributed by atoms with Gasteiger partial charge in [0, 0.05) is 5.39 Å². The van der Waals surface area contributed by atoms with E-state index in [2.05, 4.69) is 29.6 Å². The standard InChI is InChI=1S/C24H19FN2O/c25-17-9-11-18(12-10-17)28-23-7-3-6-21-20(23)13-15-24(26-21)27-22-14-8-16-4-1-2-5-19(16)22/h1-7,9-13,15,22H,8,14H2,(H,26,27)/t22-/m1/s1. The molecule has 1 atom stereocenters. The first-order chi connectivity index (χ1) is 13.8. The highest BCUT2D eigenvalue weighted by Gasteiger charge is 2.22. The number of pyridine rings is 1. The number of aromatic nitrogens is 1. The van der Waals surface area contributed by atoms with E-state index in [1.165, 1.54) is 23.3 Å². The van der Waals surface area contributed by atoms with E-state index in [0.29, 0.717) is 17.5 Å². The van der Waals surface area contributed by atoms with Crippen molar-refractivity contribution in [1.29, 1.82) is 0 Å². The Morgan fingerprint density at radius 3 is 2.64 bits per heavy atom. The normalized spacial score (nSPS) is 15.4. The van der Waals surface area contributed by atoms with Crippen molar-refractivity contribution in [3.63, 3.8) is 0 Å². The lowest BCUT2D eigenvalue weighted by molar-refractivity contribution is 0.486. The topological polar surface area (TPSA) is 34.1 Å². The number of hydrogen-bond donors (Lipinski definition) is 1. The van der Waals surface area contributed by atoms with Gasteiger partial charge in [0.25, 0.3) is 0 Å². The Morgan fingerprint density at radius 2 is 1.75 bits per heavy atom. The molecule has 0 bridgehead atoms. The first-order valence-electron chi connectivity index (χ1n) is 9.44. The first kappa shape index (κ1) is 16.8. The molecule has 1 heterocycles. The van der Waals surface area contributed by atoms with Crippen LogP contribution in [0.25, 0.3) is 10.9 Å². The van der Waals surface area contributed by atoms with Crippen molar-refractivity contribution >= 4 is 16.7 Å². The SMILES string of the molecule is Fc1ccc(Oc2cccc3nc(N[C@@H]4CCc5ccccc54)ccc23)cc1. The number of hydrogen-bond acceptors (Lipinski definition) is 3. The highest BCUT2D eigenvalue weighted by Crippen LogP contribution is 2.34. The Morgan fingerprint density at radius 1 is 0.893 bits per heavy atom. The molecule has 1 aliphatic carbocycles. The fourth-order valence-corrected chi connectivity index (χ4v) is 3.81. The average molecular weight is 370 g/mol. The van der Waals surface area contributed by atoms with Crippen LogP contribution >= 0.6 is 0 Å². The molecular weight excluding hydrogens is 351 g/mol. The summed E-state index contributed by atoms with van der Waals surface area (Å²) in [6, 6.07) is 24.7. The number of anilines is 1. The van der Waals surface area contributed by atoms with Gasteiger partial charge in [-0.05, 0) is 72.5 Å². The van der Waals surface area contributed by atoms with Gasteiger partial charge < -0.3 is 10.1 Å². The summed E-state index contributed by atoms with van der Waals surface area (Å²) < 4.78 is 19.0. The molecule has 0 fully saturated rings. The van der Waals surface area contributed by atoms with Crippen molar-refractivity contribution in [3.05, 3.63) is 95.8 Å². The van der Waals surface area contributed by atoms with Gasteiger partial charge in [0.2, 0.25) is 0 Å². The summed E-state index contributed by atoms with van der Waals surface area (Å²) in [4.78, 5) is 4.78. The molecule has 0 aliphatic heterocycles. The molecule has 0 radical (unpaired) electrons. The molecule has 138 valence electrons. The Kier molecular flexibility index (Phi) is 4.17. The van der Waals surface area contributed by atoms with Gasteiger partial charge in [0.05, 0.1) is 11.6 Å². The third kappa shape index (κ3) is 3.18. The molecule has 0 saturated heterocycles. The number of aryl methyl sites for hydroxylation is 1. The van der Waals surface area contributed by atoms with Crippen molar-refractivity contribution in [2.24, 2.45) is 0 Å². The molecule has 3 aromatic carbocycles. The predicted molar refractivity (Wildman–Crippen MR) is 109 cm³/mol. The molecule has 0 saturated carbocycles. The van der Waals surface area contributed by atoms with Gasteiger partial charge in [-0.3, -0.25) is 0 Å². The minimum absolute atomic E-state index is 0.281. The molecule has 1 aliphatic rings. The average Bonchev–Trinajstić information content (AvgIpc) is 3.13. The molecule has 4 heteroatoms. The number of nitrogens with zero attached hydrogens (tertiary/aromatic N) is 1. The van der Waals surface area contributed by atoms with Crippen molar-refractivity contribution in [2.45, 2.75) is 18.9 Å². The lowest BCUT2D eigenvalue weighted by Crippen LogP contribution is -2.08. The summed E-state index contributed by atoms with van der Waals surface area (Å²) in [6.45, 7) is 0. The molecule has 0 spiro atoms. The van der Waals surface area contributed by atoms with E-state index >= 15 is 0 Å². The number of rotatable bonds is 4. The molecular formula is C24H19FN2O. The maximum Gasteiger partial charge on any atom is 0.136 e. The second-order valence-electron chi connectivity index (χ2n) is 7.01. The third-order valence-corrected chi connectivity index (χ3v) is 5.19. The molecule has 1 N–H and O–H groups in total. The highest BCUT2D eigenvalue weighted by atomic mass is 19.1. The van der Waals surface area contributed by atoms with Gasteiger partial charge in [-0.2, -0.15) is 0 Å². The lowest BCUT2D eigenvalue weighted by atomic mass is 10.1. The zero-order chi connectivity index (χ0) is 18.9. The Balaban J connectivity index is 1.42. The monoisotopic (exact) mass is 370 g/mol. The van der Waals surface area contributed by atoms with E-state index in [1.807, 2.05) is 30.3 Å². The van der Waals surface area contributed by atoms with E-state index in [1.54, 1.807) is 12.1 Å². The molecule has 0 unspecified atom stereocenters. The highest BCUT2D eigenvalue weighted by molar-refractivity contribution is 5.86. The van der Waals surface area contributed by atoms with Gasteiger partial charge in [-0.1, -0.05) is 30.3 Å². The summed E-state index contributed by atoms with van der Waals surface area (Å²) in [6.07, 6.45) is 2.17. The van der Waals surface area contributed by atoms with Crippen molar-refractivity contribution in [3.8, 4) is 11.5 Å². The number of halogens is 1. The fourth-order valence-electron chi connectivity index (χ4n) is 3.81. The van der Waals surface area contributed by atoms with Crippen LogP contribution in [0.1, 0.15) is 23.6 Å². The second kappa shape index (κ2) is 6.97. The van der Waals surface area contributed by atoms with Gasteiger partial charge in [-0.15, -0.1) is 0 Å². The Labute approximate surface area is 162 Å². The van der Waals surface area contributed by atoms with Crippen LogP contribution in [-0.4, -0.2) is 4.98 Å². The summed E-state index contributed by atoms with van der Waals surface area (Å²) >= 11 is 0. The van der Waals surface area contributed by atoms with Crippen LogP contribution in [-0.2, 0) is 6.42 Å². The van der Waals surface area contributed by atoms with Crippen LogP contribution in [0.3, 0.4) is 0 Å². The van der Waals surface area contributed by atoms with Gasteiger partial charge >= 0.3 is 0 Å². The van der Waals surface area contributed by atoms with E-state index in [0.717, 1.165) is 29.6 Å². The van der Waals surface area contributed by atoms with Crippen molar-refractivity contribution in [2.75, 3.05) is 5.32 Å². The van der Waals surface area contributed by atoms with E-state index < -0.39 is 0 Å². The van der Waals surface area contributed by atoms with E-state index in [-0.39, 0.29) is 5.82 Å². The second-order valence-corrected chi connectivity index (χ2v) is 7.01. The van der Waals surface area contributed by atoms with Crippen LogP contribution < -0.4 is 10.1 Å². The van der Waals surface area contributed by atoms with Crippen LogP contribution in [0.4, 0.5) is 10.2 Å². The van der Waals surface area contributed by atoms with E-state index in [9.17, 15) is 4.39 Å². The zero-order valence-corrected chi connectivity index (χ0v) is 15.2. The maximum absolute atomic E-state index is 13.1. The quantitative estimate of drug-likeness (QED) is 0.460. The molecule has 4 aromatic rings. The molecule has 5 rings (SSSR count). The number of benzene rings is 3. The minimum atomic E-state index is -0.281. The Hall–Kier alpha value is -3.40. The Bertz CT molecular complexity index is 1140. The van der Waals surface area contributed by atoms with Gasteiger partial charge in [-0.25, -0.2) is 9.37 Å². The van der Waals surface area contributed by atoms with Crippen molar-refractivity contribution < 1.29 is 9.13 Å². The molecule has 3 nitrogen and oxygen atoms in total. The number of ether oxygens (including phenoxy) is 1. The van der Waals surface area contributed by atoms with Crippen molar-refractivity contribution in [1.82, 2.24) is 4.98 Å². The summed E-state index contributed by atoms with van der Waals surface area (Å²) in [5.41, 5.74) is 3.63. The maximum atomic E-state index is 13.1. The molecule has 28 heavy (non-hydrogen) atoms. The predicted octanol–water partition coefficient (Wildman–Crippen LogP) is 6.27. The summed E-state index contributed by atoms with van der Waals surface area (Å²) in [5, 5.41) is 4.49. The number of nitrogens with one attached hydrogen (secondary N) is 1. The first-order valence-corrected chi connectivity index (χ1v) is 9.44. The van der Waals surface area contributed by atoms with E-state index in [4.69, 9.17) is 9.72 Å². The molecule has 1 aromatic heterocycles. The van der Waals surface area contributed by atoms with Gasteiger partial charge in [0.15, 0.2) is 0 Å². The molecule has 0 amide bonds. The third-order valence-electron chi connectivity index (χ3n) is 5.19. The van der Waals surface area contributed by atoms with Gasteiger partial charge in [0.1, 0.15) is 23.1 Å².